The van der Waals surface area contributed by atoms with Crippen LogP contribution in [0.3, 0.4) is 0 Å². The molecule has 2 nitrogen and oxygen atoms in total. The van der Waals surface area contributed by atoms with Gasteiger partial charge in [-0.2, -0.15) is 0 Å². The number of halogens is 1. The number of ether oxygens (including phenoxy) is 1. The van der Waals surface area contributed by atoms with Gasteiger partial charge in [-0.3, -0.25) is 0 Å². The van der Waals surface area contributed by atoms with E-state index < -0.39 is 0 Å². The van der Waals surface area contributed by atoms with Crippen LogP contribution in [0.15, 0.2) is 18.2 Å². The molecule has 2 atom stereocenters. The van der Waals surface area contributed by atoms with E-state index in [0.717, 1.165) is 31.4 Å². The van der Waals surface area contributed by atoms with Gasteiger partial charge in [-0.1, -0.05) is 26.3 Å². The van der Waals surface area contributed by atoms with Crippen LogP contribution in [0.25, 0.3) is 0 Å². The average Bonchev–Trinajstić information content (AvgIpc) is 2.29. The summed E-state index contributed by atoms with van der Waals surface area (Å²) in [4.78, 5) is 0. The van der Waals surface area contributed by atoms with Crippen molar-refractivity contribution < 1.29 is 9.13 Å². The van der Waals surface area contributed by atoms with Crippen LogP contribution in [0.2, 0.25) is 0 Å². The summed E-state index contributed by atoms with van der Waals surface area (Å²) in [6.45, 7) is 5.15. The van der Waals surface area contributed by atoms with Crippen molar-refractivity contribution in [1.29, 1.82) is 0 Å². The van der Waals surface area contributed by atoms with Gasteiger partial charge in [0.15, 0.2) is 0 Å². The first kappa shape index (κ1) is 12.4. The Balaban J connectivity index is 2.24. The lowest BCUT2D eigenvalue weighted by molar-refractivity contribution is 0.140. The molecule has 0 amide bonds. The third-order valence-electron chi connectivity index (χ3n) is 3.20. The normalized spacial score (nSPS) is 23.0. The minimum absolute atomic E-state index is 0.207. The van der Waals surface area contributed by atoms with Crippen LogP contribution < -0.4 is 10.1 Å². The molecule has 0 aliphatic carbocycles. The van der Waals surface area contributed by atoms with Gasteiger partial charge in [-0.15, -0.1) is 0 Å². The lowest BCUT2D eigenvalue weighted by Gasteiger charge is -2.32. The Morgan fingerprint density at radius 3 is 2.94 bits per heavy atom. The predicted octanol–water partition coefficient (Wildman–Crippen LogP) is 3.43. The van der Waals surface area contributed by atoms with Gasteiger partial charge in [-0.25, -0.2) is 4.39 Å². The van der Waals surface area contributed by atoms with Crippen molar-refractivity contribution >= 4 is 0 Å². The Bertz CT molecular complexity index is 380. The van der Waals surface area contributed by atoms with Crippen molar-refractivity contribution in [3.8, 4) is 5.75 Å². The van der Waals surface area contributed by atoms with Gasteiger partial charge in [0.2, 0.25) is 0 Å². The van der Waals surface area contributed by atoms with Gasteiger partial charge in [0.05, 0.1) is 0 Å². The number of hydrogen-bond donors (Lipinski definition) is 1. The number of nitrogens with one attached hydrogen (secondary N) is 1. The Morgan fingerprint density at radius 1 is 1.41 bits per heavy atom. The van der Waals surface area contributed by atoms with Crippen molar-refractivity contribution in [3.63, 3.8) is 0 Å². The Morgan fingerprint density at radius 2 is 2.24 bits per heavy atom. The van der Waals surface area contributed by atoms with E-state index in [4.69, 9.17) is 4.74 Å². The Labute approximate surface area is 102 Å². The van der Waals surface area contributed by atoms with Gasteiger partial charge in [0.25, 0.3) is 0 Å². The lowest BCUT2D eigenvalue weighted by atomic mass is 9.94. The standard InChI is InChI=1S/C14H20FNO/c1-3-5-11-9-13(16-4-2)12-7-6-10(15)8-14(12)17-11/h6-8,11,13,16H,3-5,9H2,1-2H3. The van der Waals surface area contributed by atoms with Crippen molar-refractivity contribution in [2.24, 2.45) is 0 Å². The van der Waals surface area contributed by atoms with Crippen LogP contribution >= 0.6 is 0 Å². The highest BCUT2D eigenvalue weighted by Gasteiger charge is 2.27. The summed E-state index contributed by atoms with van der Waals surface area (Å²) in [6.07, 6.45) is 3.30. The van der Waals surface area contributed by atoms with Crippen LogP contribution in [0, 0.1) is 5.82 Å². The summed E-state index contributed by atoms with van der Waals surface area (Å²) in [6, 6.07) is 5.13. The highest BCUT2D eigenvalue weighted by molar-refractivity contribution is 5.38. The second kappa shape index (κ2) is 5.50. The second-order valence-electron chi connectivity index (χ2n) is 4.56. The molecule has 1 aromatic carbocycles. The third kappa shape index (κ3) is 2.78. The quantitative estimate of drug-likeness (QED) is 0.866. The molecule has 17 heavy (non-hydrogen) atoms. The molecule has 0 spiro atoms. The molecule has 0 radical (unpaired) electrons. The Kier molecular flexibility index (Phi) is 4.00. The number of benzene rings is 1. The zero-order valence-electron chi connectivity index (χ0n) is 10.5. The molecule has 0 fully saturated rings. The summed E-state index contributed by atoms with van der Waals surface area (Å²) in [7, 11) is 0. The van der Waals surface area contributed by atoms with Gasteiger partial charge in [-0.05, 0) is 19.0 Å². The molecule has 2 rings (SSSR count). The first-order valence-electron chi connectivity index (χ1n) is 6.44. The summed E-state index contributed by atoms with van der Waals surface area (Å²) in [5, 5.41) is 3.45. The SMILES string of the molecule is CCCC1CC(NCC)c2ccc(F)cc2O1. The highest BCUT2D eigenvalue weighted by Crippen LogP contribution is 2.36. The largest absolute Gasteiger partial charge is 0.490 e. The fourth-order valence-corrected chi connectivity index (χ4v) is 2.45. The van der Waals surface area contributed by atoms with Crippen LogP contribution in [0.1, 0.15) is 44.7 Å². The van der Waals surface area contributed by atoms with Gasteiger partial charge >= 0.3 is 0 Å². The Hall–Kier alpha value is -1.09. The summed E-state index contributed by atoms with van der Waals surface area (Å²) in [5.41, 5.74) is 1.08. The molecule has 94 valence electrons. The maximum absolute atomic E-state index is 13.2. The number of rotatable bonds is 4. The highest BCUT2D eigenvalue weighted by atomic mass is 19.1. The van der Waals surface area contributed by atoms with E-state index in [2.05, 4.69) is 19.2 Å². The van der Waals surface area contributed by atoms with Gasteiger partial charge < -0.3 is 10.1 Å². The summed E-state index contributed by atoms with van der Waals surface area (Å²) >= 11 is 0. The van der Waals surface area contributed by atoms with E-state index in [1.165, 1.54) is 12.1 Å². The van der Waals surface area contributed by atoms with E-state index >= 15 is 0 Å². The van der Waals surface area contributed by atoms with Crippen molar-refractivity contribution in [1.82, 2.24) is 5.32 Å². The first-order chi connectivity index (χ1) is 8.24. The van der Waals surface area contributed by atoms with Crippen LogP contribution in [-0.4, -0.2) is 12.6 Å². The molecular weight excluding hydrogens is 217 g/mol. The molecule has 1 aliphatic heterocycles. The molecule has 0 aromatic heterocycles. The molecule has 1 aliphatic rings. The minimum Gasteiger partial charge on any atom is -0.490 e. The van der Waals surface area contributed by atoms with E-state index in [9.17, 15) is 4.39 Å². The molecule has 0 bridgehead atoms. The zero-order valence-corrected chi connectivity index (χ0v) is 10.5. The number of hydrogen-bond acceptors (Lipinski definition) is 2. The monoisotopic (exact) mass is 237 g/mol. The molecule has 1 heterocycles. The van der Waals surface area contributed by atoms with E-state index in [1.54, 1.807) is 0 Å². The summed E-state index contributed by atoms with van der Waals surface area (Å²) in [5.74, 6) is 0.483. The van der Waals surface area contributed by atoms with Crippen molar-refractivity contribution in [2.45, 2.75) is 45.3 Å². The second-order valence-corrected chi connectivity index (χ2v) is 4.56. The fourth-order valence-electron chi connectivity index (χ4n) is 2.45. The van der Waals surface area contributed by atoms with Crippen LogP contribution in [0.5, 0.6) is 5.75 Å². The molecule has 1 aromatic rings. The zero-order chi connectivity index (χ0) is 12.3. The molecular formula is C14H20FNO. The predicted molar refractivity (Wildman–Crippen MR) is 66.8 cm³/mol. The average molecular weight is 237 g/mol. The summed E-state index contributed by atoms with van der Waals surface area (Å²) < 4.78 is 19.1. The van der Waals surface area contributed by atoms with Crippen LogP contribution in [0.4, 0.5) is 4.39 Å². The number of fused-ring (bicyclic) bond motifs is 1. The fraction of sp³-hybridized carbons (Fsp3) is 0.571. The van der Waals surface area contributed by atoms with E-state index in [-0.39, 0.29) is 11.9 Å². The molecule has 2 unspecified atom stereocenters. The smallest absolute Gasteiger partial charge is 0.127 e. The third-order valence-corrected chi connectivity index (χ3v) is 3.20. The van der Waals surface area contributed by atoms with Crippen molar-refractivity contribution in [3.05, 3.63) is 29.6 Å². The van der Waals surface area contributed by atoms with Crippen molar-refractivity contribution in [2.75, 3.05) is 6.54 Å². The molecule has 0 saturated heterocycles. The molecule has 0 saturated carbocycles. The minimum atomic E-state index is -0.226. The lowest BCUT2D eigenvalue weighted by Crippen LogP contribution is -2.32. The maximum atomic E-state index is 13.2. The maximum Gasteiger partial charge on any atom is 0.127 e. The van der Waals surface area contributed by atoms with E-state index in [0.29, 0.717) is 11.8 Å². The first-order valence-corrected chi connectivity index (χ1v) is 6.44. The molecule has 1 N–H and O–H groups in total. The van der Waals surface area contributed by atoms with Gasteiger partial charge in [0.1, 0.15) is 17.7 Å². The molecule has 3 heteroatoms. The van der Waals surface area contributed by atoms with Crippen LogP contribution in [-0.2, 0) is 0 Å². The van der Waals surface area contributed by atoms with Gasteiger partial charge in [0, 0.05) is 24.1 Å². The van der Waals surface area contributed by atoms with E-state index in [1.807, 2.05) is 6.07 Å². The topological polar surface area (TPSA) is 21.3 Å².